The van der Waals surface area contributed by atoms with Gasteiger partial charge in [-0.1, -0.05) is 31.4 Å². The topological polar surface area (TPSA) is 58.2 Å². The summed E-state index contributed by atoms with van der Waals surface area (Å²) in [5.74, 6) is 1.02. The van der Waals surface area contributed by atoms with E-state index in [9.17, 15) is 8.42 Å². The van der Waals surface area contributed by atoms with Crippen LogP contribution in [-0.4, -0.2) is 28.1 Å². The quantitative estimate of drug-likeness (QED) is 0.869. The lowest BCUT2D eigenvalue weighted by atomic mass is 9.84. The van der Waals surface area contributed by atoms with Crippen LogP contribution in [0.5, 0.6) is 0 Å². The van der Waals surface area contributed by atoms with Crippen LogP contribution >= 0.6 is 0 Å². The number of sulfonamides is 1. The number of hydrogen-bond donors (Lipinski definition) is 2. The lowest BCUT2D eigenvalue weighted by molar-refractivity contribution is 0.376. The van der Waals surface area contributed by atoms with Crippen LogP contribution in [0.2, 0.25) is 0 Å². The fourth-order valence-corrected chi connectivity index (χ4v) is 4.88. The first-order chi connectivity index (χ1) is 11.1. The van der Waals surface area contributed by atoms with Crippen LogP contribution in [0.15, 0.2) is 29.2 Å². The Morgan fingerprint density at radius 2 is 1.74 bits per heavy atom. The van der Waals surface area contributed by atoms with Crippen molar-refractivity contribution in [3.63, 3.8) is 0 Å². The minimum atomic E-state index is -3.38. The molecule has 1 saturated carbocycles. The Kier molecular flexibility index (Phi) is 5.72. The first kappa shape index (κ1) is 16.9. The summed E-state index contributed by atoms with van der Waals surface area (Å²) in [7, 11) is -3.38. The van der Waals surface area contributed by atoms with Gasteiger partial charge in [-0.3, -0.25) is 0 Å². The Bertz CT molecular complexity index is 586. The lowest BCUT2D eigenvalue weighted by Gasteiger charge is -2.23. The van der Waals surface area contributed by atoms with E-state index in [0.717, 1.165) is 25.9 Å². The highest BCUT2D eigenvalue weighted by atomic mass is 32.2. The van der Waals surface area contributed by atoms with Gasteiger partial charge in [0.15, 0.2) is 0 Å². The minimum Gasteiger partial charge on any atom is -0.316 e. The van der Waals surface area contributed by atoms with E-state index in [4.69, 9.17) is 0 Å². The van der Waals surface area contributed by atoms with Gasteiger partial charge in [0.2, 0.25) is 10.0 Å². The van der Waals surface area contributed by atoms with Crippen molar-refractivity contribution in [3.8, 4) is 0 Å². The van der Waals surface area contributed by atoms with Crippen LogP contribution in [0.4, 0.5) is 0 Å². The molecule has 1 unspecified atom stereocenters. The van der Waals surface area contributed by atoms with Crippen molar-refractivity contribution in [2.45, 2.75) is 55.8 Å². The molecule has 3 rings (SSSR count). The van der Waals surface area contributed by atoms with Gasteiger partial charge < -0.3 is 5.32 Å². The van der Waals surface area contributed by atoms with E-state index in [1.54, 1.807) is 12.1 Å². The Labute approximate surface area is 140 Å². The molecule has 23 heavy (non-hydrogen) atoms. The van der Waals surface area contributed by atoms with Gasteiger partial charge in [0.25, 0.3) is 0 Å². The monoisotopic (exact) mass is 336 g/mol. The van der Waals surface area contributed by atoms with Gasteiger partial charge in [-0.2, -0.15) is 0 Å². The van der Waals surface area contributed by atoms with E-state index in [2.05, 4.69) is 10.0 Å². The van der Waals surface area contributed by atoms with Gasteiger partial charge in [0, 0.05) is 6.54 Å². The van der Waals surface area contributed by atoms with E-state index in [1.165, 1.54) is 37.7 Å². The van der Waals surface area contributed by atoms with Gasteiger partial charge in [0.1, 0.15) is 0 Å². The summed E-state index contributed by atoms with van der Waals surface area (Å²) in [6.07, 6.45) is 8.61. The molecule has 2 N–H and O–H groups in total. The summed E-state index contributed by atoms with van der Waals surface area (Å²) >= 11 is 0. The highest BCUT2D eigenvalue weighted by Crippen LogP contribution is 2.32. The molecule has 1 heterocycles. The molecule has 2 aliphatic rings. The second-order valence-corrected chi connectivity index (χ2v) is 8.74. The minimum absolute atomic E-state index is 0.390. The van der Waals surface area contributed by atoms with Crippen molar-refractivity contribution < 1.29 is 8.42 Å². The highest BCUT2D eigenvalue weighted by Gasteiger charge is 2.20. The zero-order chi connectivity index (χ0) is 16.1. The second-order valence-electron chi connectivity index (χ2n) is 6.97. The fraction of sp³-hybridized carbons (Fsp3) is 0.667. The SMILES string of the molecule is O=S(=O)(NCC1CCCNC1)c1ccc(C2CCCCC2)cc1. The Balaban J connectivity index is 1.60. The molecule has 0 aromatic heterocycles. The van der Waals surface area contributed by atoms with Crippen molar-refractivity contribution in [3.05, 3.63) is 29.8 Å². The summed E-state index contributed by atoms with van der Waals surface area (Å²) in [5, 5.41) is 3.32. The predicted molar refractivity (Wildman–Crippen MR) is 93.1 cm³/mol. The van der Waals surface area contributed by atoms with Crippen molar-refractivity contribution in [2.75, 3.05) is 19.6 Å². The molecular formula is C18H28N2O2S. The standard InChI is InChI=1S/C18H28N2O2S/c21-23(22,20-14-15-5-4-12-19-13-15)18-10-8-17(9-11-18)16-6-2-1-3-7-16/h8-11,15-16,19-20H,1-7,12-14H2. The molecule has 1 aromatic rings. The number of rotatable bonds is 5. The van der Waals surface area contributed by atoms with E-state index in [0.29, 0.717) is 23.3 Å². The van der Waals surface area contributed by atoms with E-state index < -0.39 is 10.0 Å². The number of nitrogens with one attached hydrogen (secondary N) is 2. The van der Waals surface area contributed by atoms with Gasteiger partial charge >= 0.3 is 0 Å². The molecule has 1 aromatic carbocycles. The zero-order valence-electron chi connectivity index (χ0n) is 13.8. The molecule has 0 bridgehead atoms. The number of piperidine rings is 1. The average Bonchev–Trinajstić information content (AvgIpc) is 2.62. The summed E-state index contributed by atoms with van der Waals surface area (Å²) in [4.78, 5) is 0.390. The predicted octanol–water partition coefficient (Wildman–Crippen LogP) is 3.01. The van der Waals surface area contributed by atoms with Crippen LogP contribution in [0.1, 0.15) is 56.4 Å². The molecule has 0 spiro atoms. The van der Waals surface area contributed by atoms with Crippen molar-refractivity contribution in [1.29, 1.82) is 0 Å². The zero-order valence-corrected chi connectivity index (χ0v) is 14.6. The number of benzene rings is 1. The van der Waals surface area contributed by atoms with Crippen LogP contribution in [-0.2, 0) is 10.0 Å². The molecular weight excluding hydrogens is 308 g/mol. The third-order valence-corrected chi connectivity index (χ3v) is 6.67. The molecule has 0 radical (unpaired) electrons. The summed E-state index contributed by atoms with van der Waals surface area (Å²) < 4.78 is 27.6. The second kappa shape index (κ2) is 7.77. The normalized spacial score (nSPS) is 23.7. The van der Waals surface area contributed by atoms with Crippen LogP contribution < -0.4 is 10.0 Å². The maximum absolute atomic E-state index is 12.4. The third-order valence-electron chi connectivity index (χ3n) is 5.23. The fourth-order valence-electron chi connectivity index (χ4n) is 3.76. The van der Waals surface area contributed by atoms with Gasteiger partial charge in [0.05, 0.1) is 4.90 Å². The molecule has 2 fully saturated rings. The van der Waals surface area contributed by atoms with Crippen molar-refractivity contribution >= 4 is 10.0 Å². The molecule has 128 valence electrons. The largest absolute Gasteiger partial charge is 0.316 e. The Hall–Kier alpha value is -0.910. The molecule has 5 heteroatoms. The molecule has 1 aliphatic heterocycles. The smallest absolute Gasteiger partial charge is 0.240 e. The van der Waals surface area contributed by atoms with Crippen molar-refractivity contribution in [1.82, 2.24) is 10.0 Å². The molecule has 1 atom stereocenters. The Morgan fingerprint density at radius 1 is 1.00 bits per heavy atom. The Morgan fingerprint density at radius 3 is 2.39 bits per heavy atom. The van der Waals surface area contributed by atoms with Gasteiger partial charge in [-0.15, -0.1) is 0 Å². The van der Waals surface area contributed by atoms with Crippen LogP contribution in [0.25, 0.3) is 0 Å². The van der Waals surface area contributed by atoms with E-state index in [-0.39, 0.29) is 0 Å². The lowest BCUT2D eigenvalue weighted by Crippen LogP contribution is -2.38. The van der Waals surface area contributed by atoms with E-state index in [1.807, 2.05) is 12.1 Å². The number of hydrogen-bond acceptors (Lipinski definition) is 3. The maximum Gasteiger partial charge on any atom is 0.240 e. The van der Waals surface area contributed by atoms with Crippen LogP contribution in [0, 0.1) is 5.92 Å². The summed E-state index contributed by atoms with van der Waals surface area (Å²) in [6, 6.07) is 7.55. The molecule has 0 amide bonds. The molecule has 1 aliphatic carbocycles. The molecule has 1 saturated heterocycles. The summed E-state index contributed by atoms with van der Waals surface area (Å²) in [5.41, 5.74) is 1.29. The highest BCUT2D eigenvalue weighted by molar-refractivity contribution is 7.89. The van der Waals surface area contributed by atoms with Crippen LogP contribution in [0.3, 0.4) is 0 Å². The third kappa shape index (κ3) is 4.55. The maximum atomic E-state index is 12.4. The average molecular weight is 337 g/mol. The first-order valence-corrected chi connectivity index (χ1v) is 10.4. The van der Waals surface area contributed by atoms with Gasteiger partial charge in [-0.25, -0.2) is 13.1 Å². The first-order valence-electron chi connectivity index (χ1n) is 8.95. The summed E-state index contributed by atoms with van der Waals surface area (Å²) in [6.45, 7) is 2.48. The van der Waals surface area contributed by atoms with E-state index >= 15 is 0 Å². The van der Waals surface area contributed by atoms with Crippen molar-refractivity contribution in [2.24, 2.45) is 5.92 Å². The molecule has 4 nitrogen and oxygen atoms in total. The van der Waals surface area contributed by atoms with Gasteiger partial charge in [-0.05, 0) is 68.3 Å².